The van der Waals surface area contributed by atoms with E-state index in [-0.39, 0.29) is 5.69 Å². The van der Waals surface area contributed by atoms with E-state index in [4.69, 9.17) is 21.1 Å². The van der Waals surface area contributed by atoms with Crippen LogP contribution in [0.25, 0.3) is 10.9 Å². The summed E-state index contributed by atoms with van der Waals surface area (Å²) in [6.07, 6.45) is -0.310. The number of nitrogens with zero attached hydrogens (tertiary/aromatic N) is 2. The molecule has 146 valence electrons. The van der Waals surface area contributed by atoms with E-state index in [0.29, 0.717) is 20.4 Å². The fraction of sp³-hybridized carbons (Fsp3) is 0.421. The van der Waals surface area contributed by atoms with Crippen LogP contribution >= 0.6 is 27.5 Å². The minimum absolute atomic E-state index is 0.202. The molecule has 2 amide bonds. The quantitative estimate of drug-likeness (QED) is 0.500. The van der Waals surface area contributed by atoms with Gasteiger partial charge in [-0.05, 0) is 75.7 Å². The first-order valence-corrected chi connectivity index (χ1v) is 9.45. The van der Waals surface area contributed by atoms with Gasteiger partial charge in [-0.25, -0.2) is 9.59 Å². The molecule has 0 aliphatic rings. The van der Waals surface area contributed by atoms with Crippen LogP contribution in [0.15, 0.2) is 28.9 Å². The normalized spacial score (nSPS) is 12.0. The number of carbonyl (C=O) groups excluding carboxylic acids is 2. The van der Waals surface area contributed by atoms with Crippen LogP contribution in [0.3, 0.4) is 0 Å². The van der Waals surface area contributed by atoms with Crippen molar-refractivity contribution in [2.75, 3.05) is 4.90 Å². The molecule has 0 saturated carbocycles. The van der Waals surface area contributed by atoms with Crippen LogP contribution in [0.2, 0.25) is 5.02 Å². The zero-order valence-electron chi connectivity index (χ0n) is 16.1. The van der Waals surface area contributed by atoms with E-state index in [9.17, 15) is 9.59 Å². The molecule has 0 aliphatic heterocycles. The SMILES string of the molecule is CC(C)(C)OC(=O)N(C(=O)OC(C)(C)C)c1cnc2ccc(Cl)cc2c1Br. The largest absolute Gasteiger partial charge is 0.443 e. The van der Waals surface area contributed by atoms with Crippen molar-refractivity contribution in [1.82, 2.24) is 4.98 Å². The summed E-state index contributed by atoms with van der Waals surface area (Å²) >= 11 is 9.53. The van der Waals surface area contributed by atoms with Crippen molar-refractivity contribution in [2.45, 2.75) is 52.7 Å². The van der Waals surface area contributed by atoms with Crippen molar-refractivity contribution < 1.29 is 19.1 Å². The summed E-state index contributed by atoms with van der Waals surface area (Å²) < 4.78 is 11.3. The standard InChI is InChI=1S/C19H22BrClN2O4/c1-18(2,3)26-16(24)23(17(25)27-19(4,5)6)14-10-22-13-8-7-11(21)9-12(13)15(14)20/h7-10H,1-6H3. The van der Waals surface area contributed by atoms with Gasteiger partial charge in [0.25, 0.3) is 0 Å². The highest BCUT2D eigenvalue weighted by Crippen LogP contribution is 2.35. The molecule has 0 atom stereocenters. The summed E-state index contributed by atoms with van der Waals surface area (Å²) in [5, 5.41) is 1.15. The first-order valence-electron chi connectivity index (χ1n) is 8.28. The average Bonchev–Trinajstić information content (AvgIpc) is 2.46. The molecule has 0 aliphatic carbocycles. The second kappa shape index (κ2) is 7.64. The van der Waals surface area contributed by atoms with Gasteiger partial charge in [0.2, 0.25) is 0 Å². The molecule has 0 unspecified atom stereocenters. The molecule has 6 nitrogen and oxygen atoms in total. The van der Waals surface area contributed by atoms with Gasteiger partial charge >= 0.3 is 12.2 Å². The number of anilines is 1. The number of carbonyl (C=O) groups is 2. The maximum absolute atomic E-state index is 12.8. The molecule has 1 aromatic carbocycles. The molecule has 1 aromatic heterocycles. The maximum atomic E-state index is 12.8. The number of hydrogen-bond donors (Lipinski definition) is 0. The van der Waals surface area contributed by atoms with Crippen LogP contribution in [-0.4, -0.2) is 28.4 Å². The van der Waals surface area contributed by atoms with Crippen molar-refractivity contribution in [3.63, 3.8) is 0 Å². The van der Waals surface area contributed by atoms with E-state index < -0.39 is 23.4 Å². The maximum Gasteiger partial charge on any atom is 0.424 e. The van der Waals surface area contributed by atoms with E-state index in [1.54, 1.807) is 59.7 Å². The monoisotopic (exact) mass is 456 g/mol. The van der Waals surface area contributed by atoms with Gasteiger partial charge in [-0.3, -0.25) is 4.98 Å². The first kappa shape index (κ1) is 21.4. The van der Waals surface area contributed by atoms with Gasteiger partial charge in [0.05, 0.1) is 21.9 Å². The first-order chi connectivity index (χ1) is 12.3. The van der Waals surface area contributed by atoms with Gasteiger partial charge in [-0.2, -0.15) is 4.90 Å². The predicted molar refractivity (Wildman–Crippen MR) is 109 cm³/mol. The Kier molecular flexibility index (Phi) is 6.06. The van der Waals surface area contributed by atoms with Crippen molar-refractivity contribution in [3.05, 3.63) is 33.9 Å². The Morgan fingerprint density at radius 3 is 2.04 bits per heavy atom. The number of fused-ring (bicyclic) bond motifs is 1. The number of hydrogen-bond acceptors (Lipinski definition) is 5. The molecular formula is C19H22BrClN2O4. The third kappa shape index (κ3) is 5.56. The van der Waals surface area contributed by atoms with E-state index in [2.05, 4.69) is 20.9 Å². The number of halogens is 2. The summed E-state index contributed by atoms with van der Waals surface area (Å²) in [6, 6.07) is 5.15. The van der Waals surface area contributed by atoms with Crippen LogP contribution in [0.5, 0.6) is 0 Å². The highest BCUT2D eigenvalue weighted by Gasteiger charge is 2.34. The molecule has 0 saturated heterocycles. The third-order valence-electron chi connectivity index (χ3n) is 3.14. The van der Waals surface area contributed by atoms with Crippen molar-refractivity contribution in [2.24, 2.45) is 0 Å². The van der Waals surface area contributed by atoms with Gasteiger partial charge in [0.1, 0.15) is 11.2 Å². The highest BCUT2D eigenvalue weighted by molar-refractivity contribution is 9.10. The van der Waals surface area contributed by atoms with E-state index >= 15 is 0 Å². The lowest BCUT2D eigenvalue weighted by atomic mass is 10.2. The molecule has 2 aromatic rings. The second-order valence-electron chi connectivity index (χ2n) is 7.91. The molecule has 0 fully saturated rings. The summed E-state index contributed by atoms with van der Waals surface area (Å²) in [7, 11) is 0. The smallest absolute Gasteiger partial charge is 0.424 e. The van der Waals surface area contributed by atoms with Gasteiger partial charge < -0.3 is 9.47 Å². The van der Waals surface area contributed by atoms with E-state index in [0.717, 1.165) is 4.90 Å². The van der Waals surface area contributed by atoms with Crippen molar-refractivity contribution in [3.8, 4) is 0 Å². The Morgan fingerprint density at radius 1 is 1.04 bits per heavy atom. The number of imide groups is 1. The Morgan fingerprint density at radius 2 is 1.56 bits per heavy atom. The van der Waals surface area contributed by atoms with Crippen molar-refractivity contribution >= 4 is 56.3 Å². The van der Waals surface area contributed by atoms with Crippen LogP contribution in [0.1, 0.15) is 41.5 Å². The van der Waals surface area contributed by atoms with E-state index in [1.165, 1.54) is 6.20 Å². The Labute approximate surface area is 171 Å². The number of ether oxygens (including phenoxy) is 2. The van der Waals surface area contributed by atoms with Crippen LogP contribution in [-0.2, 0) is 9.47 Å². The average molecular weight is 458 g/mol. The van der Waals surface area contributed by atoms with Crippen LogP contribution in [0.4, 0.5) is 15.3 Å². The molecule has 2 rings (SSSR count). The minimum Gasteiger partial charge on any atom is -0.443 e. The third-order valence-corrected chi connectivity index (χ3v) is 4.21. The van der Waals surface area contributed by atoms with E-state index in [1.807, 2.05) is 0 Å². The molecule has 8 heteroatoms. The van der Waals surface area contributed by atoms with Crippen LogP contribution in [0, 0.1) is 0 Å². The summed E-state index contributed by atoms with van der Waals surface area (Å²) in [6.45, 7) is 10.3. The molecular weight excluding hydrogens is 436 g/mol. The highest BCUT2D eigenvalue weighted by atomic mass is 79.9. The second-order valence-corrected chi connectivity index (χ2v) is 9.14. The molecule has 0 spiro atoms. The lowest BCUT2D eigenvalue weighted by Crippen LogP contribution is -2.44. The topological polar surface area (TPSA) is 68.7 Å². The predicted octanol–water partition coefficient (Wildman–Crippen LogP) is 6.33. The zero-order valence-corrected chi connectivity index (χ0v) is 18.4. The van der Waals surface area contributed by atoms with Gasteiger partial charge in [0.15, 0.2) is 0 Å². The van der Waals surface area contributed by atoms with Crippen LogP contribution < -0.4 is 4.90 Å². The number of aromatic nitrogens is 1. The Bertz CT molecular complexity index is 860. The fourth-order valence-corrected chi connectivity index (χ4v) is 2.93. The molecule has 0 radical (unpaired) electrons. The van der Waals surface area contributed by atoms with Gasteiger partial charge in [0, 0.05) is 10.4 Å². The zero-order chi connectivity index (χ0) is 20.6. The molecule has 27 heavy (non-hydrogen) atoms. The number of rotatable bonds is 1. The summed E-state index contributed by atoms with van der Waals surface area (Å²) in [5.41, 5.74) is -0.730. The lowest BCUT2D eigenvalue weighted by Gasteiger charge is -2.29. The Hall–Kier alpha value is -1.86. The molecule has 0 bridgehead atoms. The molecule has 0 N–H and O–H groups in total. The fourth-order valence-electron chi connectivity index (χ4n) is 2.16. The number of amides is 2. The summed E-state index contributed by atoms with van der Waals surface area (Å²) in [4.78, 5) is 30.7. The number of benzene rings is 1. The van der Waals surface area contributed by atoms with Crippen molar-refractivity contribution in [1.29, 1.82) is 0 Å². The number of pyridine rings is 1. The van der Waals surface area contributed by atoms with Gasteiger partial charge in [-0.15, -0.1) is 0 Å². The Balaban J connectivity index is 2.59. The molecule has 1 heterocycles. The van der Waals surface area contributed by atoms with Gasteiger partial charge in [-0.1, -0.05) is 11.6 Å². The minimum atomic E-state index is -0.861. The lowest BCUT2D eigenvalue weighted by molar-refractivity contribution is 0.0430. The summed E-state index contributed by atoms with van der Waals surface area (Å²) in [5.74, 6) is 0.